The van der Waals surface area contributed by atoms with E-state index in [4.69, 9.17) is 9.84 Å². The second kappa shape index (κ2) is 2.06. The summed E-state index contributed by atoms with van der Waals surface area (Å²) in [6.07, 6.45) is 0.868. The van der Waals surface area contributed by atoms with Crippen LogP contribution in [0.25, 0.3) is 0 Å². The molecule has 0 aromatic carbocycles. The molecule has 1 saturated heterocycles. The van der Waals surface area contributed by atoms with E-state index in [-0.39, 0.29) is 17.8 Å². The fraction of sp³-hybridized carbons (Fsp3) is 0.571. The van der Waals surface area contributed by atoms with Gasteiger partial charge in [-0.2, -0.15) is 0 Å². The number of carbonyl (C=O) groups is 1. The van der Waals surface area contributed by atoms with Crippen LogP contribution in [0.5, 0.6) is 0 Å². The Morgan fingerprint density at radius 2 is 2.45 bits per heavy atom. The summed E-state index contributed by atoms with van der Waals surface area (Å²) in [6.45, 7) is 0. The molecule has 11 heavy (non-hydrogen) atoms. The molecular formula is C7H8O4. The molecule has 1 aliphatic heterocycles. The molecule has 2 N–H and O–H groups in total. The fourth-order valence-corrected chi connectivity index (χ4v) is 1.37. The minimum atomic E-state index is -0.960. The van der Waals surface area contributed by atoms with Crippen LogP contribution < -0.4 is 0 Å². The fourth-order valence-electron chi connectivity index (χ4n) is 1.37. The highest BCUT2D eigenvalue weighted by Gasteiger charge is 2.47. The first kappa shape index (κ1) is 6.82. The van der Waals surface area contributed by atoms with Crippen molar-refractivity contribution in [2.75, 3.05) is 0 Å². The Bertz CT molecular complexity index is 233. The van der Waals surface area contributed by atoms with Crippen LogP contribution in [-0.4, -0.2) is 34.5 Å². The number of aliphatic carboxylic acids is 1. The summed E-state index contributed by atoms with van der Waals surface area (Å²) in [7, 11) is 0. The zero-order chi connectivity index (χ0) is 8.01. The van der Waals surface area contributed by atoms with Crippen molar-refractivity contribution < 1.29 is 19.7 Å². The molecule has 0 aromatic heterocycles. The number of carboxylic acid groups (broad SMARTS) is 1. The molecule has 0 radical (unpaired) electrons. The Morgan fingerprint density at radius 3 is 3.00 bits per heavy atom. The van der Waals surface area contributed by atoms with Gasteiger partial charge in [0, 0.05) is 12.0 Å². The average molecular weight is 156 g/mol. The van der Waals surface area contributed by atoms with E-state index in [9.17, 15) is 9.90 Å². The number of rotatable bonds is 1. The summed E-state index contributed by atoms with van der Waals surface area (Å²) < 4.78 is 5.01. The summed E-state index contributed by atoms with van der Waals surface area (Å²) in [5.74, 6) is -0.960. The molecule has 4 nitrogen and oxygen atoms in total. The lowest BCUT2D eigenvalue weighted by Gasteiger charge is -2.08. The van der Waals surface area contributed by atoms with Crippen LogP contribution in [0.3, 0.4) is 0 Å². The third kappa shape index (κ3) is 1.04. The molecule has 0 unspecified atom stereocenters. The molecule has 2 rings (SSSR count). The van der Waals surface area contributed by atoms with E-state index < -0.39 is 12.1 Å². The summed E-state index contributed by atoms with van der Waals surface area (Å²) in [6, 6.07) is 0. The number of aliphatic hydroxyl groups is 1. The third-order valence-corrected chi connectivity index (χ3v) is 2.03. The monoisotopic (exact) mass is 156 g/mol. The average Bonchev–Trinajstić information content (AvgIpc) is 2.66. The van der Waals surface area contributed by atoms with Gasteiger partial charge in [0.25, 0.3) is 0 Å². The lowest BCUT2D eigenvalue weighted by atomic mass is 9.98. The zero-order valence-electron chi connectivity index (χ0n) is 5.73. The summed E-state index contributed by atoms with van der Waals surface area (Å²) in [5.41, 5.74) is 0.260. The van der Waals surface area contributed by atoms with Crippen LogP contribution >= 0.6 is 0 Å². The van der Waals surface area contributed by atoms with Crippen molar-refractivity contribution in [1.82, 2.24) is 0 Å². The standard InChI is InChI=1S/C7H8O4/c8-4-1-3(7(9)10)2-5-6(4)11-5/h1,4-6,8H,2H2,(H,9,10)/t4-,5-,6-/m0/s1. The molecule has 2 aliphatic rings. The maximum absolute atomic E-state index is 10.4. The van der Waals surface area contributed by atoms with E-state index in [0.717, 1.165) is 0 Å². The highest BCUT2D eigenvalue weighted by molar-refractivity contribution is 5.87. The van der Waals surface area contributed by atoms with E-state index in [1.807, 2.05) is 0 Å². The summed E-state index contributed by atoms with van der Waals surface area (Å²) in [5, 5.41) is 17.7. The van der Waals surface area contributed by atoms with Crippen molar-refractivity contribution in [1.29, 1.82) is 0 Å². The molecular weight excluding hydrogens is 148 g/mol. The predicted molar refractivity (Wildman–Crippen MR) is 35.0 cm³/mol. The Morgan fingerprint density at radius 1 is 1.73 bits per heavy atom. The SMILES string of the molecule is O=C(O)C1=C[C@H](O)[C@@H]2O[C@H]2C1. The first-order valence-electron chi connectivity index (χ1n) is 3.46. The molecule has 1 heterocycles. The van der Waals surface area contributed by atoms with Crippen molar-refractivity contribution in [3.8, 4) is 0 Å². The van der Waals surface area contributed by atoms with Gasteiger partial charge < -0.3 is 14.9 Å². The van der Waals surface area contributed by atoms with Gasteiger partial charge >= 0.3 is 5.97 Å². The van der Waals surface area contributed by atoms with Crippen LogP contribution in [0.1, 0.15) is 6.42 Å². The topological polar surface area (TPSA) is 70.1 Å². The number of epoxide rings is 1. The number of aliphatic hydroxyl groups excluding tert-OH is 1. The summed E-state index contributed by atoms with van der Waals surface area (Å²) in [4.78, 5) is 10.4. The molecule has 4 heteroatoms. The van der Waals surface area contributed by atoms with E-state index in [0.29, 0.717) is 6.42 Å². The van der Waals surface area contributed by atoms with Gasteiger partial charge in [0.1, 0.15) is 12.2 Å². The number of carboxylic acids is 1. The molecule has 0 saturated carbocycles. The van der Waals surface area contributed by atoms with Crippen LogP contribution in [-0.2, 0) is 9.53 Å². The highest BCUT2D eigenvalue weighted by atomic mass is 16.6. The van der Waals surface area contributed by atoms with Crippen LogP contribution in [0, 0.1) is 0 Å². The molecule has 60 valence electrons. The van der Waals surface area contributed by atoms with E-state index >= 15 is 0 Å². The Labute approximate surface area is 63.1 Å². The van der Waals surface area contributed by atoms with Crippen molar-refractivity contribution in [2.45, 2.75) is 24.7 Å². The smallest absolute Gasteiger partial charge is 0.331 e. The number of fused-ring (bicyclic) bond motifs is 1. The Balaban J connectivity index is 2.17. The van der Waals surface area contributed by atoms with Crippen molar-refractivity contribution in [2.24, 2.45) is 0 Å². The molecule has 3 atom stereocenters. The Kier molecular flexibility index (Phi) is 1.27. The lowest BCUT2D eigenvalue weighted by molar-refractivity contribution is -0.133. The van der Waals surface area contributed by atoms with Gasteiger partial charge in [-0.15, -0.1) is 0 Å². The van der Waals surface area contributed by atoms with Gasteiger partial charge in [0.05, 0.1) is 6.10 Å². The lowest BCUT2D eigenvalue weighted by Crippen LogP contribution is -2.22. The highest BCUT2D eigenvalue weighted by Crippen LogP contribution is 2.36. The number of hydrogen-bond acceptors (Lipinski definition) is 3. The minimum Gasteiger partial charge on any atom is -0.478 e. The van der Waals surface area contributed by atoms with E-state index in [1.54, 1.807) is 0 Å². The van der Waals surface area contributed by atoms with E-state index in [2.05, 4.69) is 0 Å². The maximum atomic E-state index is 10.4. The number of hydrogen-bond donors (Lipinski definition) is 2. The van der Waals surface area contributed by atoms with Crippen LogP contribution in [0.15, 0.2) is 11.6 Å². The van der Waals surface area contributed by atoms with E-state index in [1.165, 1.54) is 6.08 Å². The molecule has 1 aliphatic carbocycles. The van der Waals surface area contributed by atoms with Crippen molar-refractivity contribution in [3.05, 3.63) is 11.6 Å². The predicted octanol–water partition coefficient (Wildman–Crippen LogP) is -0.471. The van der Waals surface area contributed by atoms with Gasteiger partial charge in [0.2, 0.25) is 0 Å². The quantitative estimate of drug-likeness (QED) is 0.503. The molecule has 0 bridgehead atoms. The van der Waals surface area contributed by atoms with Crippen molar-refractivity contribution in [3.63, 3.8) is 0 Å². The first-order valence-corrected chi connectivity index (χ1v) is 3.46. The van der Waals surface area contributed by atoms with Crippen LogP contribution in [0.4, 0.5) is 0 Å². The normalized spacial score (nSPS) is 40.8. The largest absolute Gasteiger partial charge is 0.478 e. The van der Waals surface area contributed by atoms with Gasteiger partial charge in [-0.25, -0.2) is 4.79 Å². The molecule has 0 aromatic rings. The second-order valence-electron chi connectivity index (χ2n) is 2.83. The molecule has 0 amide bonds. The van der Waals surface area contributed by atoms with Crippen LogP contribution in [0.2, 0.25) is 0 Å². The molecule has 1 fully saturated rings. The number of ether oxygens (including phenoxy) is 1. The first-order chi connectivity index (χ1) is 5.18. The second-order valence-corrected chi connectivity index (χ2v) is 2.83. The van der Waals surface area contributed by atoms with Gasteiger partial charge in [-0.1, -0.05) is 0 Å². The molecule has 0 spiro atoms. The Hall–Kier alpha value is -0.870. The van der Waals surface area contributed by atoms with Gasteiger partial charge in [-0.05, 0) is 6.08 Å². The zero-order valence-corrected chi connectivity index (χ0v) is 5.73. The maximum Gasteiger partial charge on any atom is 0.331 e. The third-order valence-electron chi connectivity index (χ3n) is 2.03. The van der Waals surface area contributed by atoms with Crippen molar-refractivity contribution >= 4 is 5.97 Å². The summed E-state index contributed by atoms with van der Waals surface area (Å²) >= 11 is 0. The van der Waals surface area contributed by atoms with Gasteiger partial charge in [0.15, 0.2) is 0 Å². The van der Waals surface area contributed by atoms with Gasteiger partial charge in [-0.3, -0.25) is 0 Å². The minimum absolute atomic E-state index is 0.0545.